The molecule has 0 aliphatic heterocycles. The van der Waals surface area contributed by atoms with E-state index in [1.54, 1.807) is 32.0 Å². The Labute approximate surface area is 208 Å². The maximum Gasteiger partial charge on any atom is 0.251 e. The maximum atomic E-state index is 13.7. The minimum Gasteiger partial charge on any atom is -0.464 e. The number of halogens is 1. The van der Waals surface area contributed by atoms with Crippen molar-refractivity contribution in [1.82, 2.24) is 10.5 Å². The van der Waals surface area contributed by atoms with Crippen LogP contribution >= 0.6 is 0 Å². The molecule has 3 amide bonds. The van der Waals surface area contributed by atoms with Crippen molar-refractivity contribution in [3.63, 3.8) is 0 Å². The third-order valence-corrected chi connectivity index (χ3v) is 6.07. The molecule has 2 heterocycles. The average Bonchev–Trinajstić information content (AvgIpc) is 3.60. The molecule has 9 nitrogen and oxygen atoms in total. The van der Waals surface area contributed by atoms with Crippen LogP contribution in [0.15, 0.2) is 51.4 Å². The number of aryl methyl sites for hydroxylation is 2. The zero-order valence-corrected chi connectivity index (χ0v) is 20.3. The number of hydrogen-bond donors (Lipinski definition) is 2. The second kappa shape index (κ2) is 11.2. The van der Waals surface area contributed by atoms with Crippen LogP contribution in [-0.4, -0.2) is 28.9 Å². The second-order valence-electron chi connectivity index (χ2n) is 8.95. The van der Waals surface area contributed by atoms with Crippen LogP contribution in [0.1, 0.15) is 61.8 Å². The fourth-order valence-electron chi connectivity index (χ4n) is 4.33. The number of aromatic nitrogens is 1. The number of amides is 3. The molecule has 3 aromatic rings. The van der Waals surface area contributed by atoms with Crippen molar-refractivity contribution in [1.29, 1.82) is 0 Å². The van der Waals surface area contributed by atoms with Gasteiger partial charge in [-0.2, -0.15) is 0 Å². The SMILES string of the molecule is Cc1cc(NC(=O)CCC(=O)N(c2ccc(F)cc2)C(C(=O)NC2CCCC2)c2ccc(C)o2)no1. The van der Waals surface area contributed by atoms with Crippen molar-refractivity contribution < 1.29 is 27.7 Å². The molecule has 0 spiro atoms. The number of carbonyl (C=O) groups is 3. The number of nitrogens with one attached hydrogen (secondary N) is 2. The lowest BCUT2D eigenvalue weighted by Gasteiger charge is -2.31. The Morgan fingerprint density at radius 2 is 1.78 bits per heavy atom. The smallest absolute Gasteiger partial charge is 0.251 e. The molecular weight excluding hydrogens is 467 g/mol. The number of nitrogens with zero attached hydrogens (tertiary/aromatic N) is 2. The van der Waals surface area contributed by atoms with Gasteiger partial charge in [0.1, 0.15) is 23.1 Å². The highest BCUT2D eigenvalue weighted by molar-refractivity contribution is 6.03. The van der Waals surface area contributed by atoms with Crippen LogP contribution in [0, 0.1) is 19.7 Å². The third kappa shape index (κ3) is 6.18. The van der Waals surface area contributed by atoms with Crippen LogP contribution in [0.2, 0.25) is 0 Å². The van der Waals surface area contributed by atoms with Crippen molar-refractivity contribution >= 4 is 29.2 Å². The van der Waals surface area contributed by atoms with E-state index < -0.39 is 29.6 Å². The molecule has 0 saturated heterocycles. The van der Waals surface area contributed by atoms with E-state index in [2.05, 4.69) is 15.8 Å². The summed E-state index contributed by atoms with van der Waals surface area (Å²) < 4.78 is 24.4. The topological polar surface area (TPSA) is 118 Å². The zero-order valence-electron chi connectivity index (χ0n) is 20.3. The molecule has 2 N–H and O–H groups in total. The molecule has 1 aliphatic carbocycles. The van der Waals surface area contributed by atoms with E-state index in [0.29, 0.717) is 17.2 Å². The van der Waals surface area contributed by atoms with E-state index >= 15 is 0 Å². The minimum absolute atomic E-state index is 0.0120. The molecule has 1 saturated carbocycles. The van der Waals surface area contributed by atoms with E-state index in [0.717, 1.165) is 25.7 Å². The number of anilines is 2. The minimum atomic E-state index is -1.13. The number of carbonyl (C=O) groups excluding carboxylic acids is 3. The lowest BCUT2D eigenvalue weighted by atomic mass is 10.1. The second-order valence-corrected chi connectivity index (χ2v) is 8.95. The number of hydrogen-bond acceptors (Lipinski definition) is 6. The third-order valence-electron chi connectivity index (χ3n) is 6.07. The summed E-state index contributed by atoms with van der Waals surface area (Å²) in [5, 5.41) is 9.33. The van der Waals surface area contributed by atoms with Gasteiger partial charge < -0.3 is 19.6 Å². The van der Waals surface area contributed by atoms with E-state index in [1.807, 2.05) is 0 Å². The Bertz CT molecular complexity index is 1210. The first-order chi connectivity index (χ1) is 17.3. The molecule has 36 heavy (non-hydrogen) atoms. The number of rotatable bonds is 9. The summed E-state index contributed by atoms with van der Waals surface area (Å²) in [5.74, 6) is -0.148. The van der Waals surface area contributed by atoms with Gasteiger partial charge in [-0.05, 0) is 63.1 Å². The highest BCUT2D eigenvalue weighted by Crippen LogP contribution is 2.31. The Morgan fingerprint density at radius 1 is 1.06 bits per heavy atom. The van der Waals surface area contributed by atoms with Crippen molar-refractivity contribution in [3.05, 3.63) is 65.6 Å². The summed E-state index contributed by atoms with van der Waals surface area (Å²) >= 11 is 0. The van der Waals surface area contributed by atoms with E-state index in [1.165, 1.54) is 29.2 Å². The first kappa shape index (κ1) is 25.2. The average molecular weight is 497 g/mol. The van der Waals surface area contributed by atoms with Gasteiger partial charge in [0, 0.05) is 30.6 Å². The Kier molecular flexibility index (Phi) is 7.82. The Balaban J connectivity index is 1.59. The molecule has 1 aliphatic rings. The summed E-state index contributed by atoms with van der Waals surface area (Å²) in [7, 11) is 0. The molecule has 0 radical (unpaired) electrons. The number of benzene rings is 1. The molecule has 4 rings (SSSR count). The standard InChI is InChI=1S/C26H29FN4O5/c1-16-7-12-21(35-16)25(26(34)28-19-5-3-4-6-19)31(20-10-8-18(27)9-11-20)24(33)14-13-23(32)29-22-15-17(2)36-30-22/h7-12,15,19,25H,3-6,13-14H2,1-2H3,(H,28,34)(H,29,30,32). The molecule has 1 aromatic carbocycles. The van der Waals surface area contributed by atoms with Crippen LogP contribution in [0.4, 0.5) is 15.9 Å². The monoisotopic (exact) mass is 496 g/mol. The molecule has 190 valence electrons. The van der Waals surface area contributed by atoms with E-state index in [4.69, 9.17) is 8.94 Å². The van der Waals surface area contributed by atoms with Gasteiger partial charge in [-0.3, -0.25) is 19.3 Å². The normalized spacial score (nSPS) is 14.4. The predicted molar refractivity (Wildman–Crippen MR) is 130 cm³/mol. The largest absolute Gasteiger partial charge is 0.464 e. The van der Waals surface area contributed by atoms with Crippen molar-refractivity contribution in [2.45, 2.75) is 64.5 Å². The van der Waals surface area contributed by atoms with Gasteiger partial charge in [-0.25, -0.2) is 4.39 Å². The van der Waals surface area contributed by atoms with Crippen LogP contribution in [-0.2, 0) is 14.4 Å². The van der Waals surface area contributed by atoms with Crippen molar-refractivity contribution in [2.24, 2.45) is 0 Å². The van der Waals surface area contributed by atoms with Gasteiger partial charge in [-0.15, -0.1) is 0 Å². The molecule has 1 unspecified atom stereocenters. The molecule has 1 fully saturated rings. The molecular formula is C26H29FN4O5. The molecule has 10 heteroatoms. The highest BCUT2D eigenvalue weighted by Gasteiger charge is 2.36. The summed E-state index contributed by atoms with van der Waals surface area (Å²) in [6, 6.07) is 9.10. The molecule has 2 aromatic heterocycles. The summed E-state index contributed by atoms with van der Waals surface area (Å²) in [6.45, 7) is 3.44. The van der Waals surface area contributed by atoms with Crippen LogP contribution in [0.25, 0.3) is 0 Å². The van der Waals surface area contributed by atoms with E-state index in [9.17, 15) is 18.8 Å². The fourth-order valence-corrected chi connectivity index (χ4v) is 4.33. The van der Waals surface area contributed by atoms with Gasteiger partial charge in [-0.1, -0.05) is 18.0 Å². The molecule has 0 bridgehead atoms. The first-order valence-corrected chi connectivity index (χ1v) is 12.0. The van der Waals surface area contributed by atoms with Crippen LogP contribution in [0.5, 0.6) is 0 Å². The van der Waals surface area contributed by atoms with Gasteiger partial charge >= 0.3 is 0 Å². The summed E-state index contributed by atoms with van der Waals surface area (Å²) in [6.07, 6.45) is 3.42. The van der Waals surface area contributed by atoms with E-state index in [-0.39, 0.29) is 30.5 Å². The molecule has 1 atom stereocenters. The van der Waals surface area contributed by atoms with Gasteiger partial charge in [0.05, 0.1) is 0 Å². The Morgan fingerprint density at radius 3 is 2.39 bits per heavy atom. The van der Waals surface area contributed by atoms with Gasteiger partial charge in [0.2, 0.25) is 11.8 Å². The lowest BCUT2D eigenvalue weighted by molar-refractivity contribution is -0.128. The number of furan rings is 1. The van der Waals surface area contributed by atoms with Crippen LogP contribution < -0.4 is 15.5 Å². The summed E-state index contributed by atoms with van der Waals surface area (Å²) in [5.41, 5.74) is 0.314. The van der Waals surface area contributed by atoms with Crippen molar-refractivity contribution in [2.75, 3.05) is 10.2 Å². The van der Waals surface area contributed by atoms with Crippen LogP contribution in [0.3, 0.4) is 0 Å². The Hall–Kier alpha value is -3.95. The maximum absolute atomic E-state index is 13.7. The fraction of sp³-hybridized carbons (Fsp3) is 0.385. The first-order valence-electron chi connectivity index (χ1n) is 12.0. The van der Waals surface area contributed by atoms with Gasteiger partial charge in [0.15, 0.2) is 11.9 Å². The quantitative estimate of drug-likeness (QED) is 0.448. The van der Waals surface area contributed by atoms with Gasteiger partial charge in [0.25, 0.3) is 5.91 Å². The van der Waals surface area contributed by atoms with Crippen molar-refractivity contribution in [3.8, 4) is 0 Å². The zero-order chi connectivity index (χ0) is 25.7. The lowest BCUT2D eigenvalue weighted by Crippen LogP contribution is -2.46. The summed E-state index contributed by atoms with van der Waals surface area (Å²) in [4.78, 5) is 40.8. The predicted octanol–water partition coefficient (Wildman–Crippen LogP) is 4.58. The highest BCUT2D eigenvalue weighted by atomic mass is 19.1.